The summed E-state index contributed by atoms with van der Waals surface area (Å²) in [5.41, 5.74) is -0.265. The minimum atomic E-state index is -3.45. The van der Waals surface area contributed by atoms with Crippen LogP contribution >= 0.6 is 34.4 Å². The molecule has 0 fully saturated rings. The average Bonchev–Trinajstić information content (AvgIpc) is 2.64. The Balaban J connectivity index is 2.17. The molecule has 1 heterocycles. The molecular weight excluding hydrogens is 371 g/mol. The summed E-state index contributed by atoms with van der Waals surface area (Å²) in [4.78, 5) is 2.10. The molecule has 0 saturated heterocycles. The van der Waals surface area contributed by atoms with E-state index in [1.165, 1.54) is 11.8 Å². The molecule has 1 aromatic carbocycles. The molecule has 1 atom stereocenters. The van der Waals surface area contributed by atoms with Gasteiger partial charge in [0.1, 0.15) is 5.50 Å². The van der Waals surface area contributed by atoms with Crippen molar-refractivity contribution in [2.75, 3.05) is 7.05 Å². The summed E-state index contributed by atoms with van der Waals surface area (Å²) in [6.07, 6.45) is 1.84. The fourth-order valence-electron chi connectivity index (χ4n) is 1.31. The molecule has 17 heavy (non-hydrogen) atoms. The van der Waals surface area contributed by atoms with Crippen LogP contribution in [0.25, 0.3) is 0 Å². The summed E-state index contributed by atoms with van der Waals surface area (Å²) in [7, 11) is -1.62. The predicted octanol–water partition coefficient (Wildman–Crippen LogP) is 2.00. The van der Waals surface area contributed by atoms with Crippen LogP contribution in [0.1, 0.15) is 0 Å². The lowest BCUT2D eigenvalue weighted by molar-refractivity contribution is 0.416. The molecule has 0 aromatic heterocycles. The molecule has 2 rings (SSSR count). The van der Waals surface area contributed by atoms with Crippen molar-refractivity contribution in [2.45, 2.75) is 10.4 Å². The maximum Gasteiger partial charge on any atom is 0.242 e. The second kappa shape index (κ2) is 5.17. The Bertz CT molecular complexity index is 528. The van der Waals surface area contributed by atoms with Crippen LogP contribution in [0.2, 0.25) is 0 Å². The van der Waals surface area contributed by atoms with Crippen LogP contribution in [-0.2, 0) is 10.0 Å². The molecule has 0 aliphatic carbocycles. The summed E-state index contributed by atoms with van der Waals surface area (Å²) in [6, 6.07) is 6.77. The quantitative estimate of drug-likeness (QED) is 0.813. The van der Waals surface area contributed by atoms with Gasteiger partial charge in [0.2, 0.25) is 10.0 Å². The van der Waals surface area contributed by atoms with Crippen molar-refractivity contribution in [1.82, 2.24) is 9.62 Å². The monoisotopic (exact) mass is 382 g/mol. The number of sulfonamides is 1. The van der Waals surface area contributed by atoms with Gasteiger partial charge in [-0.1, -0.05) is 11.8 Å². The van der Waals surface area contributed by atoms with Gasteiger partial charge in [-0.05, 0) is 52.3 Å². The Hall–Kier alpha value is -0.250. The number of nitrogens with zero attached hydrogens (tertiary/aromatic N) is 1. The third-order valence-corrected chi connectivity index (χ3v) is 5.54. The fourth-order valence-corrected chi connectivity index (χ4v) is 4.00. The van der Waals surface area contributed by atoms with Gasteiger partial charge < -0.3 is 4.90 Å². The molecule has 1 aromatic rings. The maximum absolute atomic E-state index is 12.1. The molecule has 0 spiro atoms. The smallest absolute Gasteiger partial charge is 0.242 e. The molecule has 1 N–H and O–H groups in total. The van der Waals surface area contributed by atoms with Crippen molar-refractivity contribution in [1.29, 1.82) is 0 Å². The summed E-state index contributed by atoms with van der Waals surface area (Å²) >= 11 is 3.57. The minimum Gasteiger partial charge on any atom is -0.355 e. The van der Waals surface area contributed by atoms with E-state index >= 15 is 0 Å². The van der Waals surface area contributed by atoms with E-state index in [-0.39, 0.29) is 5.50 Å². The molecule has 92 valence electrons. The van der Waals surface area contributed by atoms with Gasteiger partial charge in [0.05, 0.1) is 4.90 Å². The van der Waals surface area contributed by atoms with Gasteiger partial charge in [-0.15, -0.1) is 0 Å². The van der Waals surface area contributed by atoms with Crippen LogP contribution in [0.3, 0.4) is 0 Å². The van der Waals surface area contributed by atoms with Crippen molar-refractivity contribution in [2.24, 2.45) is 0 Å². The van der Waals surface area contributed by atoms with Gasteiger partial charge in [-0.25, -0.2) is 8.42 Å². The van der Waals surface area contributed by atoms with Crippen LogP contribution in [-0.4, -0.2) is 25.9 Å². The zero-order chi connectivity index (χ0) is 12.5. The summed E-state index contributed by atoms with van der Waals surface area (Å²) < 4.78 is 27.8. The zero-order valence-electron chi connectivity index (χ0n) is 9.00. The Kier molecular flexibility index (Phi) is 4.01. The van der Waals surface area contributed by atoms with Gasteiger partial charge in [0, 0.05) is 16.8 Å². The van der Waals surface area contributed by atoms with E-state index in [4.69, 9.17) is 0 Å². The van der Waals surface area contributed by atoms with Crippen molar-refractivity contribution in [3.8, 4) is 0 Å². The first-order chi connectivity index (χ1) is 7.99. The third-order valence-electron chi connectivity index (χ3n) is 2.25. The molecule has 7 heteroatoms. The standard InChI is InChI=1S/C10H11IN2O2S2/c1-13-6-7-16-10(13)12-17(14,15)9-4-2-8(11)3-5-9/h2-7,10,12H,1H3. The van der Waals surface area contributed by atoms with Crippen molar-refractivity contribution >= 4 is 44.4 Å². The van der Waals surface area contributed by atoms with Gasteiger partial charge in [-0.2, -0.15) is 4.72 Å². The summed E-state index contributed by atoms with van der Waals surface area (Å²) in [5, 5.41) is 1.86. The van der Waals surface area contributed by atoms with Crippen molar-refractivity contribution in [3.05, 3.63) is 39.4 Å². The van der Waals surface area contributed by atoms with E-state index in [2.05, 4.69) is 27.3 Å². The van der Waals surface area contributed by atoms with E-state index in [0.717, 1.165) is 3.57 Å². The lowest BCUT2D eigenvalue weighted by atomic mass is 10.4. The highest BCUT2D eigenvalue weighted by atomic mass is 127. The topological polar surface area (TPSA) is 49.4 Å². The average molecular weight is 382 g/mol. The predicted molar refractivity (Wildman–Crippen MR) is 77.8 cm³/mol. The fraction of sp³-hybridized carbons (Fsp3) is 0.200. The first-order valence-electron chi connectivity index (χ1n) is 4.81. The molecule has 0 bridgehead atoms. The van der Waals surface area contributed by atoms with E-state index in [9.17, 15) is 8.42 Å². The molecule has 1 unspecified atom stereocenters. The Morgan fingerprint density at radius 1 is 1.35 bits per heavy atom. The first-order valence-corrected chi connectivity index (χ1v) is 8.31. The maximum atomic E-state index is 12.1. The van der Waals surface area contributed by atoms with Crippen molar-refractivity contribution < 1.29 is 8.42 Å². The molecule has 1 aliphatic rings. The van der Waals surface area contributed by atoms with Gasteiger partial charge >= 0.3 is 0 Å². The number of benzene rings is 1. The molecule has 0 saturated carbocycles. The van der Waals surface area contributed by atoms with E-state index < -0.39 is 10.0 Å². The highest BCUT2D eigenvalue weighted by Crippen LogP contribution is 2.23. The zero-order valence-corrected chi connectivity index (χ0v) is 12.8. The van der Waals surface area contributed by atoms with Crippen LogP contribution in [0.4, 0.5) is 0 Å². The second-order valence-corrected chi connectivity index (χ2v) is 7.46. The molecule has 4 nitrogen and oxygen atoms in total. The number of hydrogen-bond donors (Lipinski definition) is 1. The number of hydrogen-bond acceptors (Lipinski definition) is 4. The third kappa shape index (κ3) is 3.15. The van der Waals surface area contributed by atoms with E-state index in [1.807, 2.05) is 23.6 Å². The van der Waals surface area contributed by atoms with E-state index in [1.54, 1.807) is 24.3 Å². The second-order valence-electron chi connectivity index (χ2n) is 3.51. The highest BCUT2D eigenvalue weighted by molar-refractivity contribution is 14.1. The molecular formula is C10H11IN2O2S2. The van der Waals surface area contributed by atoms with Gasteiger partial charge in [0.15, 0.2) is 0 Å². The summed E-state index contributed by atoms with van der Waals surface area (Å²) in [5.74, 6) is 0. The van der Waals surface area contributed by atoms with Crippen LogP contribution in [0.5, 0.6) is 0 Å². The number of halogens is 1. The Morgan fingerprint density at radius 2 is 2.00 bits per heavy atom. The molecule has 0 amide bonds. The number of rotatable bonds is 3. The van der Waals surface area contributed by atoms with Crippen LogP contribution < -0.4 is 4.72 Å². The molecule has 1 aliphatic heterocycles. The minimum absolute atomic E-state index is 0.265. The largest absolute Gasteiger partial charge is 0.355 e. The Labute approximate surface area is 119 Å². The van der Waals surface area contributed by atoms with E-state index in [0.29, 0.717) is 4.90 Å². The van der Waals surface area contributed by atoms with Gasteiger partial charge in [-0.3, -0.25) is 0 Å². The number of thioether (sulfide) groups is 1. The first kappa shape index (κ1) is 13.2. The number of nitrogens with one attached hydrogen (secondary N) is 1. The van der Waals surface area contributed by atoms with Crippen molar-refractivity contribution in [3.63, 3.8) is 0 Å². The summed E-state index contributed by atoms with van der Waals surface area (Å²) in [6.45, 7) is 0. The highest BCUT2D eigenvalue weighted by Gasteiger charge is 2.23. The lowest BCUT2D eigenvalue weighted by Crippen LogP contribution is -2.39. The van der Waals surface area contributed by atoms with Crippen LogP contribution in [0, 0.1) is 3.57 Å². The lowest BCUT2D eigenvalue weighted by Gasteiger charge is -2.20. The normalized spacial score (nSPS) is 19.9. The Morgan fingerprint density at radius 3 is 2.53 bits per heavy atom. The van der Waals surface area contributed by atoms with Crippen LogP contribution in [0.15, 0.2) is 40.8 Å². The molecule has 0 radical (unpaired) electrons. The SMILES string of the molecule is CN1C=CSC1NS(=O)(=O)c1ccc(I)cc1. The van der Waals surface area contributed by atoms with Gasteiger partial charge in [0.25, 0.3) is 0 Å².